The fourth-order valence-corrected chi connectivity index (χ4v) is 1.04. The van der Waals surface area contributed by atoms with E-state index in [-0.39, 0.29) is 22.6 Å². The van der Waals surface area contributed by atoms with Gasteiger partial charge in [-0.15, -0.1) is 0 Å². The van der Waals surface area contributed by atoms with E-state index in [0.717, 1.165) is 25.3 Å². The summed E-state index contributed by atoms with van der Waals surface area (Å²) in [6.45, 7) is 2.06. The van der Waals surface area contributed by atoms with E-state index in [4.69, 9.17) is 11.5 Å². The van der Waals surface area contributed by atoms with Gasteiger partial charge in [-0.2, -0.15) is 12.8 Å². The monoisotopic (exact) mass is 562 g/mol. The second-order valence-electron chi connectivity index (χ2n) is 2.27. The zero-order chi connectivity index (χ0) is 8.20. The van der Waals surface area contributed by atoms with Crippen molar-refractivity contribution in [2.45, 2.75) is 27.7 Å². The van der Waals surface area contributed by atoms with Gasteiger partial charge in [-0.1, -0.05) is 6.92 Å². The summed E-state index contributed by atoms with van der Waals surface area (Å²) >= 11 is 4.44. The van der Waals surface area contributed by atoms with Gasteiger partial charge in [0.1, 0.15) is 1.55 Å². The van der Waals surface area contributed by atoms with E-state index in [0.29, 0.717) is 0 Å². The Morgan fingerprint density at radius 2 is 1.91 bits per heavy atom. The van der Waals surface area contributed by atoms with Crippen molar-refractivity contribution < 1.29 is 21.1 Å². The molecule has 0 rings (SSSR count). The van der Waals surface area contributed by atoms with Gasteiger partial charge in [0.05, 0.1) is 0 Å². The molecule has 72 valence electrons. The standard InChI is InChI=1S/C6H13I2N2.Pt/c1-2-5(9)3-4-6(7,8)10;/h2-4,9-10H2,1H3;/q-1;. The minimum absolute atomic E-state index is 0. The van der Waals surface area contributed by atoms with Gasteiger partial charge in [0.25, 0.3) is 0 Å². The molecule has 0 unspecified atom stereocenters. The van der Waals surface area contributed by atoms with E-state index < -0.39 is 0 Å². The molecule has 0 saturated carbocycles. The van der Waals surface area contributed by atoms with Crippen LogP contribution in [0.3, 0.4) is 0 Å². The van der Waals surface area contributed by atoms with E-state index in [1.165, 1.54) is 0 Å². The van der Waals surface area contributed by atoms with Crippen LogP contribution in [0, 0.1) is 6.04 Å². The Hall–Kier alpha value is 2.07. The predicted molar refractivity (Wildman–Crippen MR) is 61.9 cm³/mol. The molecular formula is C6H13I2N2Pt-. The first-order valence-corrected chi connectivity index (χ1v) is 5.38. The molecule has 0 aromatic heterocycles. The van der Waals surface area contributed by atoms with Crippen molar-refractivity contribution >= 4 is 45.2 Å². The maximum atomic E-state index is 5.74. The smallest absolute Gasteiger partial charge is 0.117 e. The normalized spacial score (nSPS) is 11.5. The summed E-state index contributed by atoms with van der Waals surface area (Å²) in [4.78, 5) is 0. The molecule has 0 aliphatic rings. The van der Waals surface area contributed by atoms with E-state index in [9.17, 15) is 0 Å². The van der Waals surface area contributed by atoms with E-state index in [1.54, 1.807) is 0 Å². The topological polar surface area (TPSA) is 52.0 Å². The third kappa shape index (κ3) is 12.1. The number of rotatable bonds is 4. The van der Waals surface area contributed by atoms with Gasteiger partial charge in [-0.05, 0) is 51.6 Å². The van der Waals surface area contributed by atoms with Crippen LogP contribution in [-0.2, 0) is 21.1 Å². The van der Waals surface area contributed by atoms with Crippen LogP contribution in [0.25, 0.3) is 0 Å². The Morgan fingerprint density at radius 1 is 1.45 bits per heavy atom. The third-order valence-corrected chi connectivity index (χ3v) is 2.31. The number of hydrogen-bond acceptors (Lipinski definition) is 2. The summed E-state index contributed by atoms with van der Waals surface area (Å²) in [7, 11) is 0. The largest absolute Gasteiger partial charge is 0.480 e. The first kappa shape index (κ1) is 15.5. The zero-order valence-electron chi connectivity index (χ0n) is 6.35. The summed E-state index contributed by atoms with van der Waals surface area (Å²) in [6, 6.07) is 1.04. The van der Waals surface area contributed by atoms with Crippen molar-refractivity contribution in [2.75, 3.05) is 0 Å². The summed E-state index contributed by atoms with van der Waals surface area (Å²) in [5.74, 6) is 0. The van der Waals surface area contributed by atoms with E-state index in [1.807, 2.05) is 0 Å². The van der Waals surface area contributed by atoms with Gasteiger partial charge in [0, 0.05) is 21.1 Å². The predicted octanol–water partition coefficient (Wildman–Crippen LogP) is 2.15. The zero-order valence-corrected chi connectivity index (χ0v) is 12.9. The van der Waals surface area contributed by atoms with Gasteiger partial charge >= 0.3 is 0 Å². The van der Waals surface area contributed by atoms with E-state index >= 15 is 0 Å². The summed E-state index contributed by atoms with van der Waals surface area (Å²) in [6.07, 6.45) is 2.86. The van der Waals surface area contributed by atoms with Crippen molar-refractivity contribution in [1.29, 1.82) is 0 Å². The van der Waals surface area contributed by atoms with Crippen LogP contribution >= 0.6 is 45.2 Å². The Bertz CT molecular complexity index is 95.1. The number of hydrogen-bond donors (Lipinski definition) is 2. The molecule has 0 radical (unpaired) electrons. The van der Waals surface area contributed by atoms with Gasteiger partial charge in [-0.3, -0.25) is 6.04 Å². The summed E-state index contributed by atoms with van der Waals surface area (Å²) in [5.41, 5.74) is 11.4. The molecule has 0 aliphatic carbocycles. The van der Waals surface area contributed by atoms with Crippen molar-refractivity contribution in [3.05, 3.63) is 6.04 Å². The van der Waals surface area contributed by atoms with Crippen molar-refractivity contribution in [3.8, 4) is 0 Å². The minimum atomic E-state index is -0.130. The van der Waals surface area contributed by atoms with Crippen LogP contribution in [0.15, 0.2) is 0 Å². The molecule has 4 N–H and O–H groups in total. The van der Waals surface area contributed by atoms with Gasteiger partial charge in [0.15, 0.2) is 0 Å². The fourth-order valence-electron chi connectivity index (χ4n) is 0.504. The molecule has 2 nitrogen and oxygen atoms in total. The maximum absolute atomic E-state index is 5.74. The van der Waals surface area contributed by atoms with Crippen LogP contribution in [0.5, 0.6) is 0 Å². The van der Waals surface area contributed by atoms with Crippen LogP contribution < -0.4 is 11.5 Å². The van der Waals surface area contributed by atoms with E-state index in [2.05, 4.69) is 52.1 Å². The molecule has 11 heavy (non-hydrogen) atoms. The van der Waals surface area contributed by atoms with Crippen molar-refractivity contribution in [2.24, 2.45) is 11.5 Å². The summed E-state index contributed by atoms with van der Waals surface area (Å²) in [5, 5.41) is 0. The number of nitrogens with two attached hydrogens (primary N) is 2. The molecule has 0 heterocycles. The Kier molecular flexibility index (Phi) is 10.6. The molecule has 0 atom stereocenters. The SMILES string of the molecule is CC[C-](N)CCC(N)(I)I.[Pt]. The van der Waals surface area contributed by atoms with Crippen molar-refractivity contribution in [1.82, 2.24) is 0 Å². The maximum Gasteiger partial charge on any atom is 0.117 e. The molecule has 0 bridgehead atoms. The molecule has 5 heteroatoms. The second-order valence-corrected chi connectivity index (χ2v) is 8.19. The second kappa shape index (κ2) is 7.47. The van der Waals surface area contributed by atoms with Gasteiger partial charge in [0.2, 0.25) is 0 Å². The third-order valence-electron chi connectivity index (χ3n) is 1.23. The van der Waals surface area contributed by atoms with Gasteiger partial charge < -0.3 is 11.5 Å². The molecule has 0 saturated heterocycles. The molecule has 0 amide bonds. The van der Waals surface area contributed by atoms with Crippen LogP contribution in [0.4, 0.5) is 0 Å². The number of alkyl halides is 2. The summed E-state index contributed by atoms with van der Waals surface area (Å²) < 4.78 is -0.130. The van der Waals surface area contributed by atoms with Crippen molar-refractivity contribution in [3.63, 3.8) is 0 Å². The fraction of sp³-hybridized carbons (Fsp3) is 0.833. The Labute approximate surface area is 110 Å². The quantitative estimate of drug-likeness (QED) is 0.239. The Balaban J connectivity index is 0. The molecule has 0 aliphatic heterocycles. The first-order valence-electron chi connectivity index (χ1n) is 3.22. The van der Waals surface area contributed by atoms with Crippen LogP contribution in [0.1, 0.15) is 26.2 Å². The average Bonchev–Trinajstić information content (AvgIpc) is 1.81. The Morgan fingerprint density at radius 3 is 2.18 bits per heavy atom. The van der Waals surface area contributed by atoms with Crippen LogP contribution in [0.2, 0.25) is 0 Å². The first-order chi connectivity index (χ1) is 4.45. The molecule has 0 spiro atoms. The molecular weight excluding hydrogens is 549 g/mol. The molecule has 0 aromatic rings. The van der Waals surface area contributed by atoms with Gasteiger partial charge in [-0.25, -0.2) is 0 Å². The number of halogens is 2. The minimum Gasteiger partial charge on any atom is -0.480 e. The average molecular weight is 562 g/mol. The molecule has 0 fully saturated rings. The van der Waals surface area contributed by atoms with Crippen LogP contribution in [-0.4, -0.2) is 1.55 Å². The molecule has 0 aromatic carbocycles.